The largest absolute Gasteiger partial charge is 0.489 e. The Morgan fingerprint density at radius 3 is 3.07 bits per heavy atom. The topological polar surface area (TPSA) is 93.0 Å². The number of hydrogen-bond donors (Lipinski definition) is 2. The molecule has 0 aliphatic heterocycles. The van der Waals surface area contributed by atoms with E-state index in [4.69, 9.17) is 4.74 Å². The molecule has 8 heteroatoms. The van der Waals surface area contributed by atoms with Crippen molar-refractivity contribution >= 4 is 17.2 Å². The first-order valence-corrected chi connectivity index (χ1v) is 9.45. The summed E-state index contributed by atoms with van der Waals surface area (Å²) >= 11 is 0. The van der Waals surface area contributed by atoms with Gasteiger partial charge in [-0.25, -0.2) is 9.50 Å². The predicted octanol–water partition coefficient (Wildman–Crippen LogP) is 3.61. The van der Waals surface area contributed by atoms with Crippen LogP contribution in [0.4, 0.5) is 11.6 Å². The van der Waals surface area contributed by atoms with Gasteiger partial charge in [-0.05, 0) is 44.4 Å². The third kappa shape index (κ3) is 3.17. The van der Waals surface area contributed by atoms with Crippen LogP contribution in [0.2, 0.25) is 0 Å². The third-order valence-corrected chi connectivity index (χ3v) is 5.24. The number of aryl methyl sites for hydroxylation is 1. The number of fused-ring (bicyclic) bond motifs is 1. The highest BCUT2D eigenvalue weighted by Crippen LogP contribution is 2.37. The summed E-state index contributed by atoms with van der Waals surface area (Å²) in [5.74, 6) is 2.77. The second kappa shape index (κ2) is 6.95. The number of ether oxygens (including phenoxy) is 1. The summed E-state index contributed by atoms with van der Waals surface area (Å²) in [6.07, 6.45) is 10.3. The van der Waals surface area contributed by atoms with Gasteiger partial charge in [0, 0.05) is 36.3 Å². The summed E-state index contributed by atoms with van der Waals surface area (Å²) in [5, 5.41) is 15.1. The molecule has 1 aliphatic carbocycles. The van der Waals surface area contributed by atoms with Crippen molar-refractivity contribution in [2.45, 2.75) is 38.2 Å². The molecule has 0 spiro atoms. The Balaban J connectivity index is 1.26. The first kappa shape index (κ1) is 16.7. The van der Waals surface area contributed by atoms with Gasteiger partial charge >= 0.3 is 0 Å². The first-order chi connectivity index (χ1) is 13.8. The summed E-state index contributed by atoms with van der Waals surface area (Å²) in [4.78, 5) is 8.69. The summed E-state index contributed by atoms with van der Waals surface area (Å²) in [5.41, 5.74) is 2.96. The number of nitrogens with one attached hydrogen (secondary N) is 2. The lowest BCUT2D eigenvalue weighted by Crippen LogP contribution is -2.13. The maximum absolute atomic E-state index is 6.17. The minimum atomic E-state index is 0.204. The van der Waals surface area contributed by atoms with Crippen LogP contribution in [0.15, 0.2) is 49.1 Å². The summed E-state index contributed by atoms with van der Waals surface area (Å²) in [6, 6.07) is 7.88. The van der Waals surface area contributed by atoms with Gasteiger partial charge in [0.15, 0.2) is 11.6 Å². The van der Waals surface area contributed by atoms with Gasteiger partial charge in [-0.2, -0.15) is 10.2 Å². The fourth-order valence-corrected chi connectivity index (χ4v) is 3.79. The molecule has 142 valence electrons. The molecule has 2 atom stereocenters. The van der Waals surface area contributed by atoms with E-state index in [1.807, 2.05) is 31.3 Å². The maximum atomic E-state index is 6.17. The molecule has 0 saturated heterocycles. The molecule has 0 radical (unpaired) electrons. The SMILES string of the molecule is Cc1ncccc1O[C@@H]1CC[C@H](c2cc(Nc3nccn4nccc34)n[nH]2)C1. The van der Waals surface area contributed by atoms with E-state index in [0.717, 1.165) is 53.6 Å². The predicted molar refractivity (Wildman–Crippen MR) is 105 cm³/mol. The smallest absolute Gasteiger partial charge is 0.157 e. The lowest BCUT2D eigenvalue weighted by atomic mass is 10.0. The number of pyridine rings is 1. The maximum Gasteiger partial charge on any atom is 0.157 e. The Labute approximate surface area is 162 Å². The van der Waals surface area contributed by atoms with Crippen LogP contribution in [-0.2, 0) is 0 Å². The molecule has 5 rings (SSSR count). The molecule has 8 nitrogen and oxygen atoms in total. The third-order valence-electron chi connectivity index (χ3n) is 5.24. The van der Waals surface area contributed by atoms with E-state index in [0.29, 0.717) is 5.92 Å². The molecule has 4 aromatic rings. The van der Waals surface area contributed by atoms with Gasteiger partial charge in [-0.15, -0.1) is 0 Å². The average molecular weight is 375 g/mol. The van der Waals surface area contributed by atoms with E-state index in [1.165, 1.54) is 0 Å². The zero-order chi connectivity index (χ0) is 18.9. The molecule has 1 aliphatic rings. The number of H-pyrrole nitrogens is 1. The molecule has 2 N–H and O–H groups in total. The lowest BCUT2D eigenvalue weighted by Gasteiger charge is -2.15. The number of aromatic amines is 1. The molecule has 0 bridgehead atoms. The zero-order valence-electron chi connectivity index (χ0n) is 15.5. The Morgan fingerprint density at radius 1 is 1.18 bits per heavy atom. The van der Waals surface area contributed by atoms with Crippen molar-refractivity contribution in [1.82, 2.24) is 29.8 Å². The van der Waals surface area contributed by atoms with Crippen molar-refractivity contribution in [3.8, 4) is 5.75 Å². The molecule has 4 aromatic heterocycles. The standard InChI is InChI=1S/C20H21N7O/c1-13-18(3-2-7-21-13)28-15-5-4-14(11-15)16-12-19(26-25-16)24-20-17-6-8-23-27(17)10-9-22-20/h2-3,6-10,12,14-15H,4-5,11H2,1H3,(H2,22,24,25,26)/t14-,15+/m0/s1. The lowest BCUT2D eigenvalue weighted by molar-refractivity contribution is 0.205. The minimum Gasteiger partial charge on any atom is -0.489 e. The van der Waals surface area contributed by atoms with Gasteiger partial charge in [0.05, 0.1) is 18.0 Å². The Morgan fingerprint density at radius 2 is 2.14 bits per heavy atom. The number of rotatable bonds is 5. The van der Waals surface area contributed by atoms with Gasteiger partial charge in [0.1, 0.15) is 11.3 Å². The Bertz CT molecular complexity index is 1100. The summed E-state index contributed by atoms with van der Waals surface area (Å²) < 4.78 is 7.95. The van der Waals surface area contributed by atoms with Gasteiger partial charge in [0.25, 0.3) is 0 Å². The molecular weight excluding hydrogens is 354 g/mol. The van der Waals surface area contributed by atoms with Crippen LogP contribution in [0.25, 0.3) is 5.52 Å². The van der Waals surface area contributed by atoms with E-state index in [9.17, 15) is 0 Å². The molecule has 0 amide bonds. The van der Waals surface area contributed by atoms with Crippen molar-refractivity contribution in [2.24, 2.45) is 0 Å². The van der Waals surface area contributed by atoms with Crippen LogP contribution in [0.1, 0.15) is 36.6 Å². The number of aromatic nitrogens is 6. The Kier molecular flexibility index (Phi) is 4.16. The average Bonchev–Trinajstić information content (AvgIpc) is 3.44. The highest BCUT2D eigenvalue weighted by atomic mass is 16.5. The van der Waals surface area contributed by atoms with Gasteiger partial charge in [-0.1, -0.05) is 0 Å². The highest BCUT2D eigenvalue weighted by molar-refractivity contribution is 5.71. The number of nitrogens with zero attached hydrogens (tertiary/aromatic N) is 5. The van der Waals surface area contributed by atoms with Crippen molar-refractivity contribution < 1.29 is 4.74 Å². The van der Waals surface area contributed by atoms with Crippen molar-refractivity contribution in [3.05, 3.63) is 60.4 Å². The van der Waals surface area contributed by atoms with Crippen LogP contribution in [-0.4, -0.2) is 35.9 Å². The molecule has 1 saturated carbocycles. The fraction of sp³-hybridized carbons (Fsp3) is 0.300. The van der Waals surface area contributed by atoms with Crippen LogP contribution in [0.5, 0.6) is 5.75 Å². The van der Waals surface area contributed by atoms with Crippen molar-refractivity contribution in [3.63, 3.8) is 0 Å². The normalized spacial score (nSPS) is 19.2. The zero-order valence-corrected chi connectivity index (χ0v) is 15.5. The van der Waals surface area contributed by atoms with E-state index in [-0.39, 0.29) is 6.10 Å². The van der Waals surface area contributed by atoms with E-state index in [1.54, 1.807) is 23.1 Å². The molecular formula is C20H21N7O. The highest BCUT2D eigenvalue weighted by Gasteiger charge is 2.29. The molecule has 1 fully saturated rings. The van der Waals surface area contributed by atoms with E-state index in [2.05, 4.69) is 36.6 Å². The second-order valence-corrected chi connectivity index (χ2v) is 7.11. The van der Waals surface area contributed by atoms with E-state index >= 15 is 0 Å². The quantitative estimate of drug-likeness (QED) is 0.553. The van der Waals surface area contributed by atoms with Gasteiger partial charge in [-0.3, -0.25) is 10.1 Å². The van der Waals surface area contributed by atoms with Gasteiger partial charge < -0.3 is 10.1 Å². The fourth-order valence-electron chi connectivity index (χ4n) is 3.79. The molecule has 0 aromatic carbocycles. The van der Waals surface area contributed by atoms with Crippen molar-refractivity contribution in [2.75, 3.05) is 5.32 Å². The first-order valence-electron chi connectivity index (χ1n) is 9.45. The van der Waals surface area contributed by atoms with Crippen molar-refractivity contribution in [1.29, 1.82) is 0 Å². The van der Waals surface area contributed by atoms with Crippen LogP contribution in [0, 0.1) is 6.92 Å². The number of anilines is 2. The minimum absolute atomic E-state index is 0.204. The Hall–Kier alpha value is -3.42. The summed E-state index contributed by atoms with van der Waals surface area (Å²) in [6.45, 7) is 1.98. The van der Waals surface area contributed by atoms with Crippen LogP contribution >= 0.6 is 0 Å². The molecule has 4 heterocycles. The van der Waals surface area contributed by atoms with E-state index < -0.39 is 0 Å². The monoisotopic (exact) mass is 375 g/mol. The van der Waals surface area contributed by atoms with Gasteiger partial charge in [0.2, 0.25) is 0 Å². The van der Waals surface area contributed by atoms with Crippen LogP contribution < -0.4 is 10.1 Å². The van der Waals surface area contributed by atoms with Crippen LogP contribution in [0.3, 0.4) is 0 Å². The molecule has 28 heavy (non-hydrogen) atoms. The number of hydrogen-bond acceptors (Lipinski definition) is 6. The second-order valence-electron chi connectivity index (χ2n) is 7.11. The molecule has 0 unspecified atom stereocenters. The summed E-state index contributed by atoms with van der Waals surface area (Å²) in [7, 11) is 0.